The Labute approximate surface area is 169 Å². The van der Waals surface area contributed by atoms with Gasteiger partial charge >= 0.3 is 0 Å². The van der Waals surface area contributed by atoms with Crippen LogP contribution in [0.2, 0.25) is 0 Å². The third kappa shape index (κ3) is 4.05. The number of ether oxygens (including phenoxy) is 2. The van der Waals surface area contributed by atoms with Crippen molar-refractivity contribution in [2.45, 2.75) is 4.90 Å². The van der Waals surface area contributed by atoms with Crippen LogP contribution in [0.5, 0.6) is 11.5 Å². The van der Waals surface area contributed by atoms with E-state index in [1.54, 1.807) is 17.5 Å². The summed E-state index contributed by atoms with van der Waals surface area (Å²) in [6, 6.07) is 12.0. The first-order valence-electron chi connectivity index (χ1n) is 8.21. The first-order chi connectivity index (χ1) is 13.9. The van der Waals surface area contributed by atoms with Crippen molar-refractivity contribution in [1.29, 1.82) is 0 Å². The fourth-order valence-corrected chi connectivity index (χ4v) is 4.52. The van der Waals surface area contributed by atoms with Crippen LogP contribution in [0.3, 0.4) is 0 Å². The molecule has 2 heterocycles. The Kier molecular flexibility index (Phi) is 4.91. The summed E-state index contributed by atoms with van der Waals surface area (Å²) in [6.45, 7) is 0.00251. The molecule has 148 valence electrons. The van der Waals surface area contributed by atoms with Gasteiger partial charge in [0.1, 0.15) is 5.00 Å². The summed E-state index contributed by atoms with van der Waals surface area (Å²) >= 11 is 1.28. The average Bonchev–Trinajstić information content (AvgIpc) is 3.36. The van der Waals surface area contributed by atoms with Gasteiger partial charge in [0.2, 0.25) is 6.79 Å². The average molecular weight is 431 g/mol. The van der Waals surface area contributed by atoms with Gasteiger partial charge in [-0.1, -0.05) is 0 Å². The second kappa shape index (κ2) is 7.53. The van der Waals surface area contributed by atoms with E-state index in [9.17, 15) is 18.5 Å². The minimum absolute atomic E-state index is 0.00251. The number of fused-ring (bicyclic) bond motifs is 1. The van der Waals surface area contributed by atoms with Crippen molar-refractivity contribution in [3.05, 3.63) is 69.6 Å². The van der Waals surface area contributed by atoms with E-state index in [1.165, 1.54) is 53.9 Å². The summed E-state index contributed by atoms with van der Waals surface area (Å²) in [7, 11) is -3.70. The van der Waals surface area contributed by atoms with Crippen molar-refractivity contribution in [2.75, 3.05) is 11.5 Å². The molecule has 1 N–H and O–H groups in total. The summed E-state index contributed by atoms with van der Waals surface area (Å²) in [5.74, 6) is 0.708. The molecule has 0 saturated heterocycles. The number of sulfonamides is 1. The zero-order valence-electron chi connectivity index (χ0n) is 14.6. The van der Waals surface area contributed by atoms with Gasteiger partial charge in [-0.05, 0) is 47.8 Å². The SMILES string of the molecule is O=[N+]([O-])c1cc2c(cc1/C=N/c1ccc(S(=O)(=O)Nc3cccs3)cc1)OCO2. The number of nitro benzene ring substituents is 1. The third-order valence-electron chi connectivity index (χ3n) is 3.97. The molecule has 29 heavy (non-hydrogen) atoms. The molecule has 0 bridgehead atoms. The molecule has 0 saturated carbocycles. The zero-order chi connectivity index (χ0) is 20.4. The fraction of sp³-hybridized carbons (Fsp3) is 0.0556. The van der Waals surface area contributed by atoms with Crippen LogP contribution in [0.4, 0.5) is 16.4 Å². The molecule has 0 spiro atoms. The number of rotatable bonds is 6. The van der Waals surface area contributed by atoms with E-state index in [1.807, 2.05) is 0 Å². The molecule has 0 radical (unpaired) electrons. The molecule has 0 amide bonds. The van der Waals surface area contributed by atoms with Crippen LogP contribution < -0.4 is 14.2 Å². The van der Waals surface area contributed by atoms with Gasteiger partial charge in [-0.15, -0.1) is 11.3 Å². The Morgan fingerprint density at radius 1 is 1.14 bits per heavy atom. The number of benzene rings is 2. The van der Waals surface area contributed by atoms with Crippen LogP contribution >= 0.6 is 11.3 Å². The van der Waals surface area contributed by atoms with Crippen LogP contribution in [-0.4, -0.2) is 26.3 Å². The number of nitro groups is 1. The number of hydrogen-bond donors (Lipinski definition) is 1. The lowest BCUT2D eigenvalue weighted by Gasteiger charge is -2.06. The second-order valence-electron chi connectivity index (χ2n) is 5.86. The smallest absolute Gasteiger partial charge is 0.282 e. The maximum absolute atomic E-state index is 12.4. The summed E-state index contributed by atoms with van der Waals surface area (Å²) in [6.07, 6.45) is 1.33. The lowest BCUT2D eigenvalue weighted by molar-refractivity contribution is -0.385. The number of anilines is 1. The molecule has 1 aliphatic heterocycles. The van der Waals surface area contributed by atoms with Crippen LogP contribution in [0.1, 0.15) is 5.56 Å². The Balaban J connectivity index is 1.56. The van der Waals surface area contributed by atoms with E-state index in [0.717, 1.165) is 0 Å². The number of hydrogen-bond acceptors (Lipinski definition) is 8. The van der Waals surface area contributed by atoms with Crippen molar-refractivity contribution in [3.8, 4) is 11.5 Å². The molecule has 0 fully saturated rings. The molecule has 9 nitrogen and oxygen atoms in total. The summed E-state index contributed by atoms with van der Waals surface area (Å²) < 4.78 is 37.6. The van der Waals surface area contributed by atoms with Crippen LogP contribution in [0.25, 0.3) is 0 Å². The number of thiophene rings is 1. The van der Waals surface area contributed by atoms with E-state index < -0.39 is 14.9 Å². The molecule has 1 aromatic heterocycles. The summed E-state index contributed by atoms with van der Waals surface area (Å²) in [5, 5.41) is 13.6. The fourth-order valence-electron chi connectivity index (χ4n) is 2.59. The van der Waals surface area contributed by atoms with Gasteiger partial charge in [-0.2, -0.15) is 0 Å². The minimum Gasteiger partial charge on any atom is -0.454 e. The minimum atomic E-state index is -3.70. The van der Waals surface area contributed by atoms with Gasteiger partial charge in [0.05, 0.1) is 27.1 Å². The molecule has 3 aromatic rings. The number of nitrogens with zero attached hydrogens (tertiary/aromatic N) is 2. The Morgan fingerprint density at radius 2 is 1.86 bits per heavy atom. The van der Waals surface area contributed by atoms with Gasteiger partial charge in [0, 0.05) is 6.21 Å². The molecular formula is C18H13N3O6S2. The highest BCUT2D eigenvalue weighted by atomic mass is 32.2. The highest BCUT2D eigenvalue weighted by molar-refractivity contribution is 7.93. The highest BCUT2D eigenvalue weighted by Crippen LogP contribution is 2.37. The van der Waals surface area contributed by atoms with Gasteiger partial charge in [-0.25, -0.2) is 8.42 Å². The third-order valence-corrected chi connectivity index (χ3v) is 6.27. The molecule has 11 heteroatoms. The van der Waals surface area contributed by atoms with Crippen LogP contribution in [0.15, 0.2) is 63.8 Å². The first kappa shape index (κ1) is 18.9. The first-order valence-corrected chi connectivity index (χ1v) is 10.6. The van der Waals surface area contributed by atoms with E-state index in [0.29, 0.717) is 22.2 Å². The van der Waals surface area contributed by atoms with Crippen molar-refractivity contribution in [2.24, 2.45) is 4.99 Å². The van der Waals surface area contributed by atoms with Crippen LogP contribution in [-0.2, 0) is 10.0 Å². The molecule has 0 unspecified atom stereocenters. The van der Waals surface area contributed by atoms with E-state index >= 15 is 0 Å². The monoisotopic (exact) mass is 431 g/mol. The molecule has 1 aliphatic rings. The summed E-state index contributed by atoms with van der Waals surface area (Å²) in [5.41, 5.74) is 0.514. The van der Waals surface area contributed by atoms with Crippen molar-refractivity contribution < 1.29 is 22.8 Å². The maximum Gasteiger partial charge on any atom is 0.282 e. The van der Waals surface area contributed by atoms with Crippen LogP contribution in [0, 0.1) is 10.1 Å². The van der Waals surface area contributed by atoms with Crippen molar-refractivity contribution >= 4 is 44.0 Å². The lowest BCUT2D eigenvalue weighted by atomic mass is 10.1. The Hall–Kier alpha value is -3.44. The van der Waals surface area contributed by atoms with E-state index in [2.05, 4.69) is 9.71 Å². The lowest BCUT2D eigenvalue weighted by Crippen LogP contribution is -2.11. The van der Waals surface area contributed by atoms with E-state index in [4.69, 9.17) is 9.47 Å². The highest BCUT2D eigenvalue weighted by Gasteiger charge is 2.22. The van der Waals surface area contributed by atoms with Gasteiger partial charge < -0.3 is 9.47 Å². The quantitative estimate of drug-likeness (QED) is 0.359. The summed E-state index contributed by atoms with van der Waals surface area (Å²) in [4.78, 5) is 15.0. The molecular weight excluding hydrogens is 418 g/mol. The topological polar surface area (TPSA) is 120 Å². The molecule has 0 aliphatic carbocycles. The van der Waals surface area contributed by atoms with E-state index in [-0.39, 0.29) is 22.9 Å². The second-order valence-corrected chi connectivity index (χ2v) is 8.49. The van der Waals surface area contributed by atoms with Crippen molar-refractivity contribution in [1.82, 2.24) is 0 Å². The Bertz CT molecular complexity index is 1190. The van der Waals surface area contributed by atoms with Gasteiger partial charge in [-0.3, -0.25) is 19.8 Å². The maximum atomic E-state index is 12.4. The molecule has 2 aromatic carbocycles. The zero-order valence-corrected chi connectivity index (χ0v) is 16.3. The van der Waals surface area contributed by atoms with Crippen molar-refractivity contribution in [3.63, 3.8) is 0 Å². The normalized spacial score (nSPS) is 13.0. The van der Waals surface area contributed by atoms with Gasteiger partial charge in [0.25, 0.3) is 15.7 Å². The molecule has 0 atom stereocenters. The molecule has 4 rings (SSSR count). The number of aliphatic imine (C=N–C) groups is 1. The standard InChI is InChI=1S/C18H13N3O6S2/c22-21(23)15-9-17-16(26-11-27-17)8-12(15)10-19-13-3-5-14(6-4-13)29(24,25)20-18-2-1-7-28-18/h1-10,20H,11H2/b19-10+. The Morgan fingerprint density at radius 3 is 2.52 bits per heavy atom. The largest absolute Gasteiger partial charge is 0.454 e. The number of nitrogens with one attached hydrogen (secondary N) is 1. The predicted octanol–water partition coefficient (Wildman–Crippen LogP) is 3.94. The van der Waals surface area contributed by atoms with Gasteiger partial charge in [0.15, 0.2) is 11.5 Å². The predicted molar refractivity (Wildman–Crippen MR) is 108 cm³/mol.